The molecule has 2 aromatic carbocycles. The van der Waals surface area contributed by atoms with Gasteiger partial charge in [-0.15, -0.1) is 0 Å². The molecule has 3 rings (SSSR count). The van der Waals surface area contributed by atoms with E-state index in [4.69, 9.17) is 23.2 Å². The van der Waals surface area contributed by atoms with E-state index in [1.54, 1.807) is 22.9 Å². The average Bonchev–Trinajstić information content (AvgIpc) is 2.79. The van der Waals surface area contributed by atoms with Crippen LogP contribution in [-0.2, 0) is 13.5 Å². The highest BCUT2D eigenvalue weighted by Crippen LogP contribution is 2.24. The fourth-order valence-corrected chi connectivity index (χ4v) is 2.64. The van der Waals surface area contributed by atoms with Crippen molar-refractivity contribution in [3.8, 4) is 0 Å². The number of aromatic nitrogens is 2. The highest BCUT2D eigenvalue weighted by molar-refractivity contribution is 6.42. The molecule has 0 unspecified atom stereocenters. The van der Waals surface area contributed by atoms with Gasteiger partial charge in [-0.3, -0.25) is 9.48 Å². The van der Waals surface area contributed by atoms with Crippen molar-refractivity contribution in [1.29, 1.82) is 0 Å². The van der Waals surface area contributed by atoms with Gasteiger partial charge < -0.3 is 0 Å². The van der Waals surface area contributed by atoms with Crippen LogP contribution in [0.2, 0.25) is 10.0 Å². The number of benzene rings is 2. The van der Waals surface area contributed by atoms with Crippen LogP contribution in [0.3, 0.4) is 0 Å². The normalized spacial score (nSPS) is 11.0. The summed E-state index contributed by atoms with van der Waals surface area (Å²) in [6.07, 6.45) is 0.235. The Kier molecular flexibility index (Phi) is 3.70. The molecule has 1 aromatic heterocycles. The second-order valence-electron chi connectivity index (χ2n) is 4.82. The third-order valence-electron chi connectivity index (χ3n) is 3.40. The van der Waals surface area contributed by atoms with Crippen LogP contribution in [0.25, 0.3) is 10.9 Å². The second-order valence-corrected chi connectivity index (χ2v) is 5.63. The molecule has 3 aromatic rings. The van der Waals surface area contributed by atoms with Gasteiger partial charge in [0.2, 0.25) is 0 Å². The number of carbonyl (C=O) groups is 1. The van der Waals surface area contributed by atoms with Crippen LogP contribution >= 0.6 is 23.2 Å². The zero-order chi connectivity index (χ0) is 15.0. The molecule has 0 spiro atoms. The number of fused-ring (bicyclic) bond motifs is 1. The zero-order valence-corrected chi connectivity index (χ0v) is 12.8. The van der Waals surface area contributed by atoms with Crippen molar-refractivity contribution in [2.45, 2.75) is 6.42 Å². The largest absolute Gasteiger partial charge is 0.294 e. The number of rotatable bonds is 3. The number of para-hydroxylation sites is 1. The second kappa shape index (κ2) is 5.51. The summed E-state index contributed by atoms with van der Waals surface area (Å²) in [5.41, 5.74) is 2.32. The fraction of sp³-hybridized carbons (Fsp3) is 0.125. The topological polar surface area (TPSA) is 34.9 Å². The van der Waals surface area contributed by atoms with Gasteiger partial charge in [0, 0.05) is 18.0 Å². The standard InChI is InChI=1S/C16H12Cl2N2O/c1-20-15-5-3-2-4-11(15)14(19-20)9-16(21)10-6-7-12(17)13(18)8-10/h2-8H,9H2,1H3. The number of ketones is 1. The molecule has 0 fully saturated rings. The molecule has 0 radical (unpaired) electrons. The predicted molar refractivity (Wildman–Crippen MR) is 85.2 cm³/mol. The summed E-state index contributed by atoms with van der Waals surface area (Å²) >= 11 is 11.8. The van der Waals surface area contributed by atoms with Gasteiger partial charge in [0.25, 0.3) is 0 Å². The lowest BCUT2D eigenvalue weighted by molar-refractivity contribution is 0.0992. The Morgan fingerprint density at radius 2 is 1.90 bits per heavy atom. The van der Waals surface area contributed by atoms with E-state index in [0.717, 1.165) is 16.6 Å². The van der Waals surface area contributed by atoms with E-state index in [9.17, 15) is 4.79 Å². The van der Waals surface area contributed by atoms with Gasteiger partial charge in [-0.05, 0) is 24.3 Å². The molecule has 0 aliphatic heterocycles. The Hall–Kier alpha value is -1.84. The Balaban J connectivity index is 1.94. The number of nitrogens with zero attached hydrogens (tertiary/aromatic N) is 2. The molecule has 0 saturated heterocycles. The molecule has 0 aliphatic rings. The summed E-state index contributed by atoms with van der Waals surface area (Å²) in [4.78, 5) is 12.4. The highest BCUT2D eigenvalue weighted by atomic mass is 35.5. The van der Waals surface area contributed by atoms with Gasteiger partial charge in [-0.1, -0.05) is 41.4 Å². The number of hydrogen-bond acceptors (Lipinski definition) is 2. The average molecular weight is 319 g/mol. The first kappa shape index (κ1) is 14.1. The van der Waals surface area contributed by atoms with E-state index < -0.39 is 0 Å². The van der Waals surface area contributed by atoms with Crippen molar-refractivity contribution in [1.82, 2.24) is 9.78 Å². The molecule has 0 atom stereocenters. The van der Waals surface area contributed by atoms with Crippen LogP contribution in [0, 0.1) is 0 Å². The van der Waals surface area contributed by atoms with Crippen LogP contribution in [0.5, 0.6) is 0 Å². The van der Waals surface area contributed by atoms with Crippen molar-refractivity contribution in [3.63, 3.8) is 0 Å². The Morgan fingerprint density at radius 1 is 1.14 bits per heavy atom. The lowest BCUT2D eigenvalue weighted by Gasteiger charge is -2.02. The number of carbonyl (C=O) groups excluding carboxylic acids is 1. The van der Waals surface area contributed by atoms with Gasteiger partial charge in [0.1, 0.15) is 0 Å². The molecule has 1 heterocycles. The van der Waals surface area contributed by atoms with Crippen LogP contribution in [-0.4, -0.2) is 15.6 Å². The summed E-state index contributed by atoms with van der Waals surface area (Å²) in [7, 11) is 1.87. The molecule has 0 N–H and O–H groups in total. The summed E-state index contributed by atoms with van der Waals surface area (Å²) in [6.45, 7) is 0. The van der Waals surface area contributed by atoms with Gasteiger partial charge in [0.15, 0.2) is 5.78 Å². The van der Waals surface area contributed by atoms with Crippen molar-refractivity contribution in [3.05, 3.63) is 63.8 Å². The molecule has 0 bridgehead atoms. The van der Waals surface area contributed by atoms with Crippen molar-refractivity contribution in [2.24, 2.45) is 7.05 Å². The lowest BCUT2D eigenvalue weighted by atomic mass is 10.0. The molecule has 0 amide bonds. The molecule has 5 heteroatoms. The summed E-state index contributed by atoms with van der Waals surface area (Å²) < 4.78 is 1.78. The van der Waals surface area contributed by atoms with Gasteiger partial charge in [-0.2, -0.15) is 5.10 Å². The van der Waals surface area contributed by atoms with E-state index in [1.165, 1.54) is 0 Å². The van der Waals surface area contributed by atoms with Gasteiger partial charge in [0.05, 0.1) is 27.7 Å². The predicted octanol–water partition coefficient (Wildman–Crippen LogP) is 4.31. The smallest absolute Gasteiger partial charge is 0.168 e. The zero-order valence-electron chi connectivity index (χ0n) is 11.3. The third kappa shape index (κ3) is 2.67. The first-order chi connectivity index (χ1) is 10.1. The minimum Gasteiger partial charge on any atom is -0.294 e. The van der Waals surface area contributed by atoms with Crippen molar-refractivity contribution in [2.75, 3.05) is 0 Å². The molecular formula is C16H12Cl2N2O. The van der Waals surface area contributed by atoms with Crippen LogP contribution in [0.4, 0.5) is 0 Å². The molecule has 106 valence electrons. The fourth-order valence-electron chi connectivity index (χ4n) is 2.34. The molecule has 21 heavy (non-hydrogen) atoms. The minimum absolute atomic E-state index is 0.0302. The summed E-state index contributed by atoms with van der Waals surface area (Å²) in [5.74, 6) is -0.0302. The Bertz CT molecular complexity index is 839. The maximum absolute atomic E-state index is 12.4. The molecule has 3 nitrogen and oxygen atoms in total. The van der Waals surface area contributed by atoms with E-state index >= 15 is 0 Å². The monoisotopic (exact) mass is 318 g/mol. The maximum Gasteiger partial charge on any atom is 0.168 e. The highest BCUT2D eigenvalue weighted by Gasteiger charge is 2.14. The number of aryl methyl sites for hydroxylation is 1. The lowest BCUT2D eigenvalue weighted by Crippen LogP contribution is -2.05. The van der Waals surface area contributed by atoms with Crippen LogP contribution in [0.1, 0.15) is 16.1 Å². The minimum atomic E-state index is -0.0302. The third-order valence-corrected chi connectivity index (χ3v) is 4.14. The SMILES string of the molecule is Cn1nc(CC(=O)c2ccc(Cl)c(Cl)c2)c2ccccc21. The molecular weight excluding hydrogens is 307 g/mol. The van der Waals surface area contributed by atoms with E-state index in [-0.39, 0.29) is 12.2 Å². The van der Waals surface area contributed by atoms with Crippen LogP contribution in [0.15, 0.2) is 42.5 Å². The number of halogens is 2. The van der Waals surface area contributed by atoms with E-state index in [2.05, 4.69) is 5.10 Å². The number of Topliss-reactive ketones (excluding diaryl/α,β-unsaturated/α-hetero) is 1. The van der Waals surface area contributed by atoms with E-state index in [1.807, 2.05) is 31.3 Å². The molecule has 0 aliphatic carbocycles. The van der Waals surface area contributed by atoms with Gasteiger partial charge >= 0.3 is 0 Å². The van der Waals surface area contributed by atoms with Crippen molar-refractivity contribution < 1.29 is 4.79 Å². The first-order valence-electron chi connectivity index (χ1n) is 6.45. The number of hydrogen-bond donors (Lipinski definition) is 0. The van der Waals surface area contributed by atoms with Gasteiger partial charge in [-0.25, -0.2) is 0 Å². The van der Waals surface area contributed by atoms with E-state index in [0.29, 0.717) is 15.6 Å². The Labute approximate surface area is 132 Å². The quantitative estimate of drug-likeness (QED) is 0.675. The Morgan fingerprint density at radius 3 is 2.67 bits per heavy atom. The van der Waals surface area contributed by atoms with Crippen molar-refractivity contribution >= 4 is 39.9 Å². The van der Waals surface area contributed by atoms with Crippen LogP contribution < -0.4 is 0 Å². The first-order valence-corrected chi connectivity index (χ1v) is 7.20. The summed E-state index contributed by atoms with van der Waals surface area (Å²) in [6, 6.07) is 12.8. The maximum atomic E-state index is 12.4. The summed E-state index contributed by atoms with van der Waals surface area (Å²) in [5, 5.41) is 6.25. The molecule has 0 saturated carbocycles.